The van der Waals surface area contributed by atoms with Crippen LogP contribution in [0.5, 0.6) is 0 Å². The molecule has 0 amide bonds. The zero-order valence-corrected chi connectivity index (χ0v) is 4.52. The van der Waals surface area contributed by atoms with Crippen LogP contribution in [0, 0.1) is 24.3 Å². The van der Waals surface area contributed by atoms with E-state index in [-0.39, 0.29) is 5.92 Å². The van der Waals surface area contributed by atoms with Gasteiger partial charge in [0.2, 0.25) is 0 Å². The van der Waals surface area contributed by atoms with Crippen molar-refractivity contribution < 1.29 is 0 Å². The van der Waals surface area contributed by atoms with Crippen LogP contribution in [0.15, 0.2) is 18.2 Å². The highest BCUT2D eigenvalue weighted by Crippen LogP contribution is 2.07. The number of allylic oxidation sites excluding steroid dienone is 4. The van der Waals surface area contributed by atoms with Crippen LogP contribution in [0.1, 0.15) is 6.42 Å². The van der Waals surface area contributed by atoms with Gasteiger partial charge in [0, 0.05) is 5.92 Å². The summed E-state index contributed by atoms with van der Waals surface area (Å²) in [4.78, 5) is 0. The van der Waals surface area contributed by atoms with Gasteiger partial charge in [0.1, 0.15) is 0 Å². The van der Waals surface area contributed by atoms with E-state index in [1.807, 2.05) is 18.2 Å². The van der Waals surface area contributed by atoms with Crippen molar-refractivity contribution >= 4 is 0 Å². The smallest absolute Gasteiger partial charge is 0.0500 e. The average Bonchev–Trinajstić information content (AvgIpc) is 1.90. The summed E-state index contributed by atoms with van der Waals surface area (Å²) in [6, 6.07) is 0. The first-order chi connectivity index (χ1) is 3.93. The van der Waals surface area contributed by atoms with Gasteiger partial charge >= 0.3 is 0 Å². The molecule has 0 spiro atoms. The maximum atomic E-state index is 6.73. The standard InChI is InChI=1S/C8H6/c1-2-8-6-4-3-5-7-8/h3-5,8H,6H2/t8-/m0/s1. The van der Waals surface area contributed by atoms with Crippen molar-refractivity contribution in [2.75, 3.05) is 0 Å². The topological polar surface area (TPSA) is 0 Å². The van der Waals surface area contributed by atoms with E-state index in [1.165, 1.54) is 0 Å². The summed E-state index contributed by atoms with van der Waals surface area (Å²) in [5, 5.41) is 0. The lowest BCUT2D eigenvalue weighted by atomic mass is 10.0. The molecule has 0 saturated heterocycles. The number of rotatable bonds is 0. The second-order valence-electron chi connectivity index (χ2n) is 1.69. The second-order valence-corrected chi connectivity index (χ2v) is 1.69. The van der Waals surface area contributed by atoms with E-state index in [0.29, 0.717) is 0 Å². The molecule has 1 aliphatic rings. The minimum Gasteiger partial charge on any atom is -0.0830 e. The Labute approximate surface area is 49.9 Å². The van der Waals surface area contributed by atoms with Crippen LogP contribution < -0.4 is 0 Å². The van der Waals surface area contributed by atoms with Gasteiger partial charge in [0.15, 0.2) is 0 Å². The highest BCUT2D eigenvalue weighted by atomic mass is 14.0. The summed E-state index contributed by atoms with van der Waals surface area (Å²) < 4.78 is 0. The van der Waals surface area contributed by atoms with Crippen LogP contribution in [0.3, 0.4) is 0 Å². The SMILES string of the molecule is [C]#C[C@@H]1[C]=CC=CC1. The van der Waals surface area contributed by atoms with E-state index in [9.17, 15) is 0 Å². The fourth-order valence-corrected chi connectivity index (χ4v) is 0.623. The van der Waals surface area contributed by atoms with Gasteiger partial charge in [-0.2, -0.15) is 0 Å². The highest BCUT2D eigenvalue weighted by molar-refractivity contribution is 5.12. The first-order valence-corrected chi connectivity index (χ1v) is 2.60. The zero-order valence-electron chi connectivity index (χ0n) is 4.52. The number of hydrogen-bond donors (Lipinski definition) is 0. The molecule has 0 heterocycles. The lowest BCUT2D eigenvalue weighted by Gasteiger charge is -2.00. The minimum absolute atomic E-state index is 0.111. The summed E-state index contributed by atoms with van der Waals surface area (Å²) in [6.45, 7) is 0. The molecular formula is C8H6. The Balaban J connectivity index is 2.55. The molecule has 8 heavy (non-hydrogen) atoms. The Morgan fingerprint density at radius 3 is 3.00 bits per heavy atom. The first-order valence-electron chi connectivity index (χ1n) is 2.60. The van der Waals surface area contributed by atoms with Crippen molar-refractivity contribution in [2.45, 2.75) is 6.42 Å². The molecule has 0 saturated carbocycles. The van der Waals surface area contributed by atoms with Crippen molar-refractivity contribution in [1.29, 1.82) is 0 Å². The van der Waals surface area contributed by atoms with Gasteiger partial charge in [-0.15, -0.1) is 0 Å². The van der Waals surface area contributed by atoms with Crippen LogP contribution in [0.4, 0.5) is 0 Å². The molecule has 38 valence electrons. The maximum Gasteiger partial charge on any atom is 0.0500 e. The van der Waals surface area contributed by atoms with Crippen molar-refractivity contribution in [2.24, 2.45) is 5.92 Å². The summed E-state index contributed by atoms with van der Waals surface area (Å²) in [5.74, 6) is 2.47. The molecule has 0 N–H and O–H groups in total. The van der Waals surface area contributed by atoms with Crippen LogP contribution in [0.2, 0.25) is 0 Å². The van der Waals surface area contributed by atoms with Crippen molar-refractivity contribution in [1.82, 2.24) is 0 Å². The molecule has 0 aliphatic heterocycles. The molecule has 2 radical (unpaired) electrons. The average molecular weight is 102 g/mol. The Kier molecular flexibility index (Phi) is 1.54. The quantitative estimate of drug-likeness (QED) is 0.407. The Morgan fingerprint density at radius 2 is 2.62 bits per heavy atom. The Hall–Kier alpha value is -0.960. The lowest BCUT2D eigenvalue weighted by Crippen LogP contribution is -1.91. The van der Waals surface area contributed by atoms with E-state index >= 15 is 0 Å². The summed E-state index contributed by atoms with van der Waals surface area (Å²) in [5.41, 5.74) is 0. The molecule has 0 aromatic rings. The third-order valence-corrected chi connectivity index (χ3v) is 1.08. The van der Waals surface area contributed by atoms with E-state index in [0.717, 1.165) is 6.42 Å². The van der Waals surface area contributed by atoms with Gasteiger partial charge in [-0.1, -0.05) is 24.1 Å². The first kappa shape index (κ1) is 5.18. The molecule has 0 aromatic carbocycles. The monoisotopic (exact) mass is 102 g/mol. The molecule has 1 aliphatic carbocycles. The fraction of sp³-hybridized carbons (Fsp3) is 0.250. The maximum absolute atomic E-state index is 6.73. The minimum atomic E-state index is 0.111. The number of hydrogen-bond acceptors (Lipinski definition) is 0. The zero-order chi connectivity index (χ0) is 5.82. The lowest BCUT2D eigenvalue weighted by molar-refractivity contribution is 0.827. The molecule has 1 atom stereocenters. The predicted octanol–water partition coefficient (Wildman–Crippen LogP) is 1.51. The third-order valence-electron chi connectivity index (χ3n) is 1.08. The summed E-state index contributed by atoms with van der Waals surface area (Å²) in [6.07, 6.45) is 16.4. The molecule has 0 heteroatoms. The van der Waals surface area contributed by atoms with Gasteiger partial charge in [-0.3, -0.25) is 0 Å². The Morgan fingerprint density at radius 1 is 1.75 bits per heavy atom. The summed E-state index contributed by atoms with van der Waals surface area (Å²) in [7, 11) is 0. The van der Waals surface area contributed by atoms with Crippen LogP contribution >= 0.6 is 0 Å². The molecule has 0 unspecified atom stereocenters. The van der Waals surface area contributed by atoms with Gasteiger partial charge in [0.05, 0.1) is 0 Å². The predicted molar refractivity (Wildman–Crippen MR) is 32.2 cm³/mol. The van der Waals surface area contributed by atoms with Gasteiger partial charge < -0.3 is 0 Å². The molecule has 0 bridgehead atoms. The van der Waals surface area contributed by atoms with Gasteiger partial charge in [0.25, 0.3) is 0 Å². The van der Waals surface area contributed by atoms with E-state index < -0.39 is 0 Å². The van der Waals surface area contributed by atoms with E-state index in [4.69, 9.17) is 6.42 Å². The van der Waals surface area contributed by atoms with Crippen molar-refractivity contribution in [3.63, 3.8) is 0 Å². The van der Waals surface area contributed by atoms with E-state index in [2.05, 4.69) is 12.0 Å². The third kappa shape index (κ3) is 1.01. The highest BCUT2D eigenvalue weighted by Gasteiger charge is 1.98. The molecule has 0 fully saturated rings. The molecule has 1 rings (SSSR count). The van der Waals surface area contributed by atoms with Crippen LogP contribution in [-0.4, -0.2) is 0 Å². The summed E-state index contributed by atoms with van der Waals surface area (Å²) >= 11 is 0. The van der Waals surface area contributed by atoms with Crippen LogP contribution in [-0.2, 0) is 0 Å². The normalized spacial score (nSPS) is 25.1. The van der Waals surface area contributed by atoms with E-state index in [1.54, 1.807) is 0 Å². The molecule has 0 aromatic heterocycles. The molecular weight excluding hydrogens is 96.1 g/mol. The fourth-order valence-electron chi connectivity index (χ4n) is 0.623. The second kappa shape index (κ2) is 2.37. The van der Waals surface area contributed by atoms with Gasteiger partial charge in [-0.25, -0.2) is 0 Å². The Bertz CT molecular complexity index is 155. The van der Waals surface area contributed by atoms with Crippen LogP contribution in [0.25, 0.3) is 0 Å². The van der Waals surface area contributed by atoms with Crippen molar-refractivity contribution in [3.05, 3.63) is 30.7 Å². The largest absolute Gasteiger partial charge is 0.0830 e. The molecule has 0 nitrogen and oxygen atoms in total. The van der Waals surface area contributed by atoms with Gasteiger partial charge in [-0.05, 0) is 18.9 Å². The van der Waals surface area contributed by atoms with Crippen molar-refractivity contribution in [3.8, 4) is 5.92 Å².